The van der Waals surface area contributed by atoms with E-state index in [-0.39, 0.29) is 0 Å². The number of halogens is 1. The zero-order valence-corrected chi connectivity index (χ0v) is 12.3. The van der Waals surface area contributed by atoms with Crippen LogP contribution < -0.4 is 0 Å². The third-order valence-corrected chi connectivity index (χ3v) is 5.12. The molecule has 0 spiro atoms. The second-order valence-electron chi connectivity index (χ2n) is 4.08. The van der Waals surface area contributed by atoms with Crippen LogP contribution in [0.3, 0.4) is 0 Å². The van der Waals surface area contributed by atoms with Gasteiger partial charge >= 0.3 is 0 Å². The minimum Gasteiger partial charge on any atom is -0.508 e. The van der Waals surface area contributed by atoms with E-state index in [2.05, 4.69) is 41.6 Å². The zero-order chi connectivity index (χ0) is 12.0. The molecule has 0 radical (unpaired) electrons. The fourth-order valence-corrected chi connectivity index (χ4v) is 4.32. The highest BCUT2D eigenvalue weighted by atomic mass is 127. The highest BCUT2D eigenvalue weighted by Crippen LogP contribution is 2.37. The Hall–Kier alpha value is -0.810. The van der Waals surface area contributed by atoms with Crippen LogP contribution >= 0.6 is 33.9 Å². The maximum Gasteiger partial charge on any atom is 0.117 e. The Bertz CT molecular complexity index is 715. The molecule has 1 heterocycles. The SMILES string of the molecule is CCc1cc2c(cc1I)sc1cc(O)ccc12. The molecule has 3 aromatic rings. The van der Waals surface area contributed by atoms with Gasteiger partial charge in [-0.3, -0.25) is 0 Å². The molecular weight excluding hydrogens is 343 g/mol. The van der Waals surface area contributed by atoms with Crippen LogP contribution in [-0.2, 0) is 6.42 Å². The number of benzene rings is 2. The standard InChI is InChI=1S/C14H11IOS/c1-2-8-5-11-10-4-3-9(16)6-13(10)17-14(11)7-12(8)15/h3-7,16H,2H2,1H3. The van der Waals surface area contributed by atoms with Crippen molar-refractivity contribution in [3.63, 3.8) is 0 Å². The molecule has 0 fully saturated rings. The van der Waals surface area contributed by atoms with Gasteiger partial charge in [-0.25, -0.2) is 0 Å². The van der Waals surface area contributed by atoms with Crippen molar-refractivity contribution >= 4 is 54.1 Å². The number of hydrogen-bond acceptors (Lipinski definition) is 2. The van der Waals surface area contributed by atoms with Crippen LogP contribution in [-0.4, -0.2) is 5.11 Å². The molecule has 0 aliphatic rings. The maximum atomic E-state index is 9.52. The Kier molecular flexibility index (Phi) is 2.75. The summed E-state index contributed by atoms with van der Waals surface area (Å²) in [7, 11) is 0. The molecule has 17 heavy (non-hydrogen) atoms. The van der Waals surface area contributed by atoms with Crippen LogP contribution in [0, 0.1) is 3.57 Å². The summed E-state index contributed by atoms with van der Waals surface area (Å²) in [5.74, 6) is 0.342. The van der Waals surface area contributed by atoms with Gasteiger partial charge in [-0.2, -0.15) is 0 Å². The molecule has 0 saturated heterocycles. The summed E-state index contributed by atoms with van der Waals surface area (Å²) in [4.78, 5) is 0. The smallest absolute Gasteiger partial charge is 0.117 e. The van der Waals surface area contributed by atoms with Crippen molar-refractivity contribution in [2.75, 3.05) is 0 Å². The molecule has 0 amide bonds. The largest absolute Gasteiger partial charge is 0.508 e. The van der Waals surface area contributed by atoms with Gasteiger partial charge in [0.05, 0.1) is 0 Å². The van der Waals surface area contributed by atoms with Crippen molar-refractivity contribution in [3.05, 3.63) is 39.5 Å². The van der Waals surface area contributed by atoms with E-state index < -0.39 is 0 Å². The Balaban J connectivity index is 2.44. The Labute approximate surface area is 117 Å². The average molecular weight is 354 g/mol. The molecule has 2 aromatic carbocycles. The summed E-state index contributed by atoms with van der Waals surface area (Å²) in [6, 6.07) is 10.1. The zero-order valence-electron chi connectivity index (χ0n) is 9.33. The maximum absolute atomic E-state index is 9.52. The lowest BCUT2D eigenvalue weighted by Gasteiger charge is -2.01. The number of hydrogen-bond donors (Lipinski definition) is 1. The molecule has 1 N–H and O–H groups in total. The second kappa shape index (κ2) is 4.14. The molecule has 86 valence electrons. The third kappa shape index (κ3) is 1.81. The van der Waals surface area contributed by atoms with E-state index in [9.17, 15) is 5.11 Å². The highest BCUT2D eigenvalue weighted by Gasteiger charge is 2.08. The van der Waals surface area contributed by atoms with E-state index in [1.165, 1.54) is 24.6 Å². The molecule has 3 heteroatoms. The van der Waals surface area contributed by atoms with E-state index in [4.69, 9.17) is 0 Å². The third-order valence-electron chi connectivity index (χ3n) is 3.00. The van der Waals surface area contributed by atoms with Crippen LogP contribution in [0.25, 0.3) is 20.2 Å². The fraction of sp³-hybridized carbons (Fsp3) is 0.143. The number of phenols is 1. The first-order valence-electron chi connectivity index (χ1n) is 5.52. The molecule has 0 saturated carbocycles. The van der Waals surface area contributed by atoms with Gasteiger partial charge in [0, 0.05) is 23.7 Å². The van der Waals surface area contributed by atoms with Crippen molar-refractivity contribution in [2.24, 2.45) is 0 Å². The van der Waals surface area contributed by atoms with E-state index in [1.54, 1.807) is 17.4 Å². The van der Waals surface area contributed by atoms with Gasteiger partial charge in [-0.1, -0.05) is 6.92 Å². The predicted octanol–water partition coefficient (Wildman–Crippen LogP) is 4.93. The Morgan fingerprint density at radius 1 is 1.12 bits per heavy atom. The molecule has 0 aliphatic heterocycles. The number of aromatic hydroxyl groups is 1. The van der Waals surface area contributed by atoms with Gasteiger partial charge in [0.2, 0.25) is 0 Å². The van der Waals surface area contributed by atoms with Crippen LogP contribution in [0.4, 0.5) is 0 Å². The van der Waals surface area contributed by atoms with Crippen LogP contribution in [0.2, 0.25) is 0 Å². The first-order valence-corrected chi connectivity index (χ1v) is 7.42. The van der Waals surface area contributed by atoms with E-state index in [1.807, 2.05) is 12.1 Å². The lowest BCUT2D eigenvalue weighted by molar-refractivity contribution is 0.476. The number of thiophene rings is 1. The van der Waals surface area contributed by atoms with Gasteiger partial charge in [0.25, 0.3) is 0 Å². The molecular formula is C14H11IOS. The first-order chi connectivity index (χ1) is 8.19. The van der Waals surface area contributed by atoms with Gasteiger partial charge in [0.15, 0.2) is 0 Å². The molecule has 1 nitrogen and oxygen atoms in total. The van der Waals surface area contributed by atoms with Crippen LogP contribution in [0.5, 0.6) is 5.75 Å². The lowest BCUT2D eigenvalue weighted by Crippen LogP contribution is -1.84. The summed E-state index contributed by atoms with van der Waals surface area (Å²) in [6.07, 6.45) is 1.06. The quantitative estimate of drug-likeness (QED) is 0.615. The minimum absolute atomic E-state index is 0.342. The number of rotatable bonds is 1. The molecule has 3 rings (SSSR count). The van der Waals surface area contributed by atoms with Crippen molar-refractivity contribution in [3.8, 4) is 5.75 Å². The van der Waals surface area contributed by atoms with Crippen molar-refractivity contribution in [1.29, 1.82) is 0 Å². The van der Waals surface area contributed by atoms with Gasteiger partial charge < -0.3 is 5.11 Å². The number of fused-ring (bicyclic) bond motifs is 3. The second-order valence-corrected chi connectivity index (χ2v) is 6.32. The average Bonchev–Trinajstić information content (AvgIpc) is 2.63. The summed E-state index contributed by atoms with van der Waals surface area (Å²) in [6.45, 7) is 2.18. The summed E-state index contributed by atoms with van der Waals surface area (Å²) >= 11 is 4.14. The first kappa shape index (κ1) is 11.3. The van der Waals surface area contributed by atoms with E-state index in [0.717, 1.165) is 11.1 Å². The Morgan fingerprint density at radius 2 is 1.88 bits per heavy atom. The van der Waals surface area contributed by atoms with Crippen LogP contribution in [0.15, 0.2) is 30.3 Å². The van der Waals surface area contributed by atoms with Crippen molar-refractivity contribution < 1.29 is 5.11 Å². The van der Waals surface area contributed by atoms with E-state index in [0.29, 0.717) is 5.75 Å². The molecule has 1 aromatic heterocycles. The highest BCUT2D eigenvalue weighted by molar-refractivity contribution is 14.1. The lowest BCUT2D eigenvalue weighted by atomic mass is 10.1. The van der Waals surface area contributed by atoms with Gasteiger partial charge in [-0.05, 0) is 64.9 Å². The molecule has 0 bridgehead atoms. The molecule has 0 aliphatic carbocycles. The topological polar surface area (TPSA) is 20.2 Å². The number of aryl methyl sites for hydroxylation is 1. The summed E-state index contributed by atoms with van der Waals surface area (Å²) < 4.78 is 3.78. The van der Waals surface area contributed by atoms with Gasteiger partial charge in [0.1, 0.15) is 5.75 Å². The summed E-state index contributed by atoms with van der Waals surface area (Å²) in [5.41, 5.74) is 1.39. The van der Waals surface area contributed by atoms with Crippen molar-refractivity contribution in [2.45, 2.75) is 13.3 Å². The van der Waals surface area contributed by atoms with Crippen molar-refractivity contribution in [1.82, 2.24) is 0 Å². The predicted molar refractivity (Wildman–Crippen MR) is 83.1 cm³/mol. The molecule has 0 unspecified atom stereocenters. The fourth-order valence-electron chi connectivity index (χ4n) is 2.10. The Morgan fingerprint density at radius 3 is 2.65 bits per heavy atom. The monoisotopic (exact) mass is 354 g/mol. The van der Waals surface area contributed by atoms with Crippen LogP contribution in [0.1, 0.15) is 12.5 Å². The normalized spacial score (nSPS) is 11.4. The molecule has 0 atom stereocenters. The minimum atomic E-state index is 0.342. The van der Waals surface area contributed by atoms with Gasteiger partial charge in [-0.15, -0.1) is 11.3 Å². The number of phenolic OH excluding ortho intramolecular Hbond substituents is 1. The van der Waals surface area contributed by atoms with E-state index >= 15 is 0 Å². The summed E-state index contributed by atoms with van der Waals surface area (Å²) in [5, 5.41) is 12.1.